The molecule has 0 spiro atoms. The molecule has 116 valence electrons. The second-order valence-corrected chi connectivity index (χ2v) is 4.01. The molecule has 21 heavy (non-hydrogen) atoms. The second-order valence-electron chi connectivity index (χ2n) is 4.01. The number of amides is 1. The lowest BCUT2D eigenvalue weighted by molar-refractivity contribution is -0.384. The van der Waals surface area contributed by atoms with Gasteiger partial charge in [-0.2, -0.15) is 13.2 Å². The van der Waals surface area contributed by atoms with Gasteiger partial charge in [-0.05, 0) is 12.1 Å². The SMILES string of the molecule is CNC(=O)c1ccc([N+](=O)[O-])c(NCC(O)C(F)(F)F)c1. The van der Waals surface area contributed by atoms with Crippen LogP contribution in [0.5, 0.6) is 0 Å². The molecule has 10 heteroatoms. The van der Waals surface area contributed by atoms with Crippen LogP contribution in [-0.4, -0.2) is 41.8 Å². The zero-order chi connectivity index (χ0) is 16.2. The average Bonchev–Trinajstić information content (AvgIpc) is 2.42. The number of rotatable bonds is 5. The zero-order valence-corrected chi connectivity index (χ0v) is 10.8. The van der Waals surface area contributed by atoms with Crippen LogP contribution in [0.25, 0.3) is 0 Å². The number of aliphatic hydroxyl groups excluding tert-OH is 1. The van der Waals surface area contributed by atoms with E-state index in [0.717, 1.165) is 12.1 Å². The molecule has 1 atom stereocenters. The van der Waals surface area contributed by atoms with Crippen LogP contribution in [0.4, 0.5) is 24.5 Å². The highest BCUT2D eigenvalue weighted by Gasteiger charge is 2.38. The molecular formula is C11H12F3N3O4. The minimum atomic E-state index is -4.85. The summed E-state index contributed by atoms with van der Waals surface area (Å²) >= 11 is 0. The first kappa shape index (κ1) is 16.7. The highest BCUT2D eigenvalue weighted by Crippen LogP contribution is 2.27. The van der Waals surface area contributed by atoms with E-state index in [-0.39, 0.29) is 11.3 Å². The Morgan fingerprint density at radius 1 is 1.48 bits per heavy atom. The minimum absolute atomic E-state index is 0.0344. The van der Waals surface area contributed by atoms with E-state index >= 15 is 0 Å². The van der Waals surface area contributed by atoms with E-state index in [9.17, 15) is 28.1 Å². The molecule has 3 N–H and O–H groups in total. The van der Waals surface area contributed by atoms with Crippen LogP contribution in [0.2, 0.25) is 0 Å². The summed E-state index contributed by atoms with van der Waals surface area (Å²) in [5.74, 6) is -0.552. The van der Waals surface area contributed by atoms with Gasteiger partial charge < -0.3 is 15.7 Å². The van der Waals surface area contributed by atoms with Gasteiger partial charge in [0.15, 0.2) is 6.10 Å². The number of nitrogens with zero attached hydrogens (tertiary/aromatic N) is 1. The molecule has 7 nitrogen and oxygen atoms in total. The van der Waals surface area contributed by atoms with Gasteiger partial charge in [-0.25, -0.2) is 0 Å². The number of anilines is 1. The first-order valence-electron chi connectivity index (χ1n) is 5.66. The number of nitrogens with one attached hydrogen (secondary N) is 2. The normalized spacial score (nSPS) is 12.6. The maximum Gasteiger partial charge on any atom is 0.416 e. The van der Waals surface area contributed by atoms with Crippen molar-refractivity contribution in [2.24, 2.45) is 0 Å². The number of nitro groups is 1. The van der Waals surface area contributed by atoms with Gasteiger partial charge >= 0.3 is 6.18 Å². The Labute approximate surface area is 116 Å². The van der Waals surface area contributed by atoms with Crippen LogP contribution in [0.3, 0.4) is 0 Å². The maximum absolute atomic E-state index is 12.2. The Morgan fingerprint density at radius 2 is 2.10 bits per heavy atom. The molecule has 1 aromatic rings. The molecule has 1 unspecified atom stereocenters. The molecule has 0 aromatic heterocycles. The number of carbonyl (C=O) groups is 1. The summed E-state index contributed by atoms with van der Waals surface area (Å²) in [5, 5.41) is 24.1. The number of halogens is 3. The summed E-state index contributed by atoms with van der Waals surface area (Å²) in [6.45, 7) is -0.971. The Bertz CT molecular complexity index is 548. The molecule has 0 bridgehead atoms. The van der Waals surface area contributed by atoms with E-state index in [1.807, 2.05) is 0 Å². The van der Waals surface area contributed by atoms with Crippen molar-refractivity contribution in [1.82, 2.24) is 5.32 Å². The third kappa shape index (κ3) is 4.31. The quantitative estimate of drug-likeness (QED) is 0.561. The largest absolute Gasteiger partial charge is 0.416 e. The Morgan fingerprint density at radius 3 is 2.57 bits per heavy atom. The summed E-state index contributed by atoms with van der Waals surface area (Å²) in [4.78, 5) is 21.4. The molecule has 0 aliphatic carbocycles. The smallest absolute Gasteiger partial charge is 0.382 e. The summed E-state index contributed by atoms with van der Waals surface area (Å²) in [6.07, 6.45) is -7.53. The molecule has 0 radical (unpaired) electrons. The summed E-state index contributed by atoms with van der Waals surface area (Å²) < 4.78 is 36.6. The molecule has 1 rings (SSSR count). The molecule has 0 aliphatic rings. The van der Waals surface area contributed by atoms with Crippen LogP contribution < -0.4 is 10.6 Å². The fourth-order valence-corrected chi connectivity index (χ4v) is 1.44. The van der Waals surface area contributed by atoms with Crippen molar-refractivity contribution < 1.29 is 28.0 Å². The van der Waals surface area contributed by atoms with Gasteiger partial charge in [0.25, 0.3) is 11.6 Å². The summed E-state index contributed by atoms with van der Waals surface area (Å²) in [6, 6.07) is 3.20. The number of carbonyl (C=O) groups excluding carboxylic acids is 1. The predicted molar refractivity (Wildman–Crippen MR) is 67.0 cm³/mol. The lowest BCUT2D eigenvalue weighted by atomic mass is 10.1. The van der Waals surface area contributed by atoms with E-state index < -0.39 is 35.3 Å². The predicted octanol–water partition coefficient (Wildman–Crippen LogP) is 1.29. The first-order chi connectivity index (χ1) is 9.66. The minimum Gasteiger partial charge on any atom is -0.382 e. The topological polar surface area (TPSA) is 104 Å². The Hall–Kier alpha value is -2.36. The van der Waals surface area contributed by atoms with Crippen LogP contribution in [-0.2, 0) is 0 Å². The monoisotopic (exact) mass is 307 g/mol. The fourth-order valence-electron chi connectivity index (χ4n) is 1.44. The molecule has 0 aliphatic heterocycles. The third-order valence-electron chi connectivity index (χ3n) is 2.55. The lowest BCUT2D eigenvalue weighted by Crippen LogP contribution is -2.35. The van der Waals surface area contributed by atoms with Gasteiger partial charge in [0, 0.05) is 25.2 Å². The van der Waals surface area contributed by atoms with Crippen molar-refractivity contribution >= 4 is 17.3 Å². The van der Waals surface area contributed by atoms with Gasteiger partial charge in [0.1, 0.15) is 5.69 Å². The van der Waals surface area contributed by atoms with Crippen molar-refractivity contribution in [3.63, 3.8) is 0 Å². The lowest BCUT2D eigenvalue weighted by Gasteiger charge is -2.16. The number of benzene rings is 1. The number of alkyl halides is 3. The highest BCUT2D eigenvalue weighted by molar-refractivity contribution is 5.95. The molecule has 0 saturated carbocycles. The number of hydrogen-bond donors (Lipinski definition) is 3. The maximum atomic E-state index is 12.2. The van der Waals surface area contributed by atoms with E-state index in [1.54, 1.807) is 0 Å². The van der Waals surface area contributed by atoms with E-state index in [2.05, 4.69) is 10.6 Å². The summed E-state index contributed by atoms with van der Waals surface area (Å²) in [5.41, 5.74) is -0.756. The van der Waals surface area contributed by atoms with Gasteiger partial charge in [-0.15, -0.1) is 0 Å². The molecular weight excluding hydrogens is 295 g/mol. The average molecular weight is 307 g/mol. The molecule has 1 amide bonds. The standard InChI is InChI=1S/C11H12F3N3O4/c1-15-10(19)6-2-3-8(17(20)21)7(4-6)16-5-9(18)11(12,13)14/h2-4,9,16,18H,5H2,1H3,(H,15,19). The zero-order valence-electron chi connectivity index (χ0n) is 10.8. The number of aliphatic hydroxyl groups is 1. The first-order valence-corrected chi connectivity index (χ1v) is 5.66. The molecule has 0 heterocycles. The van der Waals surface area contributed by atoms with Crippen LogP contribution in [0.15, 0.2) is 18.2 Å². The number of nitro benzene ring substituents is 1. The van der Waals surface area contributed by atoms with Crippen molar-refractivity contribution in [3.8, 4) is 0 Å². The molecule has 1 aromatic carbocycles. The second kappa shape index (κ2) is 6.39. The van der Waals surface area contributed by atoms with Gasteiger partial charge in [-0.3, -0.25) is 14.9 Å². The van der Waals surface area contributed by atoms with E-state index in [4.69, 9.17) is 5.11 Å². The van der Waals surface area contributed by atoms with E-state index in [0.29, 0.717) is 0 Å². The van der Waals surface area contributed by atoms with Crippen LogP contribution in [0, 0.1) is 10.1 Å². The van der Waals surface area contributed by atoms with Crippen LogP contribution in [0.1, 0.15) is 10.4 Å². The van der Waals surface area contributed by atoms with Gasteiger partial charge in [-0.1, -0.05) is 0 Å². The number of hydrogen-bond acceptors (Lipinski definition) is 5. The molecule has 0 fully saturated rings. The van der Waals surface area contributed by atoms with Gasteiger partial charge in [0.05, 0.1) is 4.92 Å². The van der Waals surface area contributed by atoms with Crippen LogP contribution >= 0.6 is 0 Å². The summed E-state index contributed by atoms with van der Waals surface area (Å²) in [7, 11) is 1.34. The van der Waals surface area contributed by atoms with Crippen molar-refractivity contribution in [1.29, 1.82) is 0 Å². The fraction of sp³-hybridized carbons (Fsp3) is 0.364. The highest BCUT2D eigenvalue weighted by atomic mass is 19.4. The van der Waals surface area contributed by atoms with E-state index in [1.165, 1.54) is 13.1 Å². The van der Waals surface area contributed by atoms with Crippen molar-refractivity contribution in [2.75, 3.05) is 18.9 Å². The van der Waals surface area contributed by atoms with Gasteiger partial charge in [0.2, 0.25) is 0 Å². The van der Waals surface area contributed by atoms with Crippen molar-refractivity contribution in [2.45, 2.75) is 12.3 Å². The Kier molecular flexibility index (Phi) is 5.08. The van der Waals surface area contributed by atoms with Crippen molar-refractivity contribution in [3.05, 3.63) is 33.9 Å². The third-order valence-corrected chi connectivity index (χ3v) is 2.55. The Balaban J connectivity index is 3.02. The molecule has 0 saturated heterocycles.